The molecule has 0 aliphatic heterocycles. The number of primary amides is 1. The van der Waals surface area contributed by atoms with Crippen LogP contribution in [0.5, 0.6) is 0 Å². The van der Waals surface area contributed by atoms with Gasteiger partial charge in [-0.05, 0) is 18.6 Å². The van der Waals surface area contributed by atoms with Crippen molar-refractivity contribution in [1.29, 1.82) is 0 Å². The summed E-state index contributed by atoms with van der Waals surface area (Å²) >= 11 is 0. The average Bonchev–Trinajstić information content (AvgIpc) is 2.79. The molecule has 0 spiro atoms. The van der Waals surface area contributed by atoms with Gasteiger partial charge in [-0.25, -0.2) is 8.42 Å². The lowest BCUT2D eigenvalue weighted by atomic mass is 10.2. The van der Waals surface area contributed by atoms with Gasteiger partial charge in [0.25, 0.3) is 15.9 Å². The standard InChI is InChI=1S/C13H14N4O3S/c1-9-11(12(13(14)18)16-15-9)17-21(19,20)8-7-10-5-3-2-4-6-10/h2-8,17H,1H3,(H2,14,18)(H,15,16). The molecule has 7 nitrogen and oxygen atoms in total. The second-order valence-electron chi connectivity index (χ2n) is 4.30. The zero-order valence-corrected chi connectivity index (χ0v) is 12.0. The Morgan fingerprint density at radius 1 is 1.33 bits per heavy atom. The number of nitrogens with two attached hydrogens (primary N) is 1. The molecule has 0 unspecified atom stereocenters. The summed E-state index contributed by atoms with van der Waals surface area (Å²) in [4.78, 5) is 11.2. The molecule has 1 aromatic carbocycles. The topological polar surface area (TPSA) is 118 Å². The first-order chi connectivity index (χ1) is 9.89. The summed E-state index contributed by atoms with van der Waals surface area (Å²) in [5.41, 5.74) is 6.19. The van der Waals surface area contributed by atoms with Crippen LogP contribution in [0.3, 0.4) is 0 Å². The van der Waals surface area contributed by atoms with Crippen molar-refractivity contribution in [2.45, 2.75) is 6.92 Å². The third-order valence-corrected chi connectivity index (χ3v) is 3.65. The fraction of sp³-hybridized carbons (Fsp3) is 0.0769. The Balaban J connectivity index is 2.24. The van der Waals surface area contributed by atoms with E-state index in [4.69, 9.17) is 5.73 Å². The van der Waals surface area contributed by atoms with E-state index in [9.17, 15) is 13.2 Å². The molecule has 1 amide bonds. The number of aromatic amines is 1. The van der Waals surface area contributed by atoms with E-state index in [1.807, 2.05) is 6.07 Å². The van der Waals surface area contributed by atoms with Crippen LogP contribution in [-0.2, 0) is 10.0 Å². The number of hydrogen-bond donors (Lipinski definition) is 3. The number of anilines is 1. The smallest absolute Gasteiger partial charge is 0.271 e. The predicted molar refractivity (Wildman–Crippen MR) is 79.9 cm³/mol. The number of H-pyrrole nitrogens is 1. The molecule has 1 heterocycles. The van der Waals surface area contributed by atoms with Gasteiger partial charge < -0.3 is 5.73 Å². The van der Waals surface area contributed by atoms with Crippen molar-refractivity contribution in [2.75, 3.05) is 4.72 Å². The molecule has 0 bridgehead atoms. The molecule has 0 saturated carbocycles. The quantitative estimate of drug-likeness (QED) is 0.769. The maximum absolute atomic E-state index is 12.0. The molecule has 21 heavy (non-hydrogen) atoms. The van der Waals surface area contributed by atoms with E-state index in [0.717, 1.165) is 11.0 Å². The van der Waals surface area contributed by atoms with E-state index in [1.165, 1.54) is 6.08 Å². The predicted octanol–water partition coefficient (Wildman–Crippen LogP) is 1.23. The number of benzene rings is 1. The highest BCUT2D eigenvalue weighted by Crippen LogP contribution is 2.19. The summed E-state index contributed by atoms with van der Waals surface area (Å²) in [6.45, 7) is 1.58. The van der Waals surface area contributed by atoms with Crippen molar-refractivity contribution in [3.63, 3.8) is 0 Å². The Morgan fingerprint density at radius 3 is 2.62 bits per heavy atom. The number of nitrogens with zero attached hydrogens (tertiary/aromatic N) is 1. The van der Waals surface area contributed by atoms with Gasteiger partial charge in [0.1, 0.15) is 5.69 Å². The van der Waals surface area contributed by atoms with Crippen LogP contribution in [0.2, 0.25) is 0 Å². The molecule has 4 N–H and O–H groups in total. The second kappa shape index (κ2) is 5.80. The van der Waals surface area contributed by atoms with Crippen molar-refractivity contribution in [1.82, 2.24) is 10.2 Å². The Morgan fingerprint density at radius 2 is 2.00 bits per heavy atom. The van der Waals surface area contributed by atoms with E-state index >= 15 is 0 Å². The molecule has 110 valence electrons. The maximum Gasteiger partial charge on any atom is 0.271 e. The number of sulfonamides is 1. The van der Waals surface area contributed by atoms with Gasteiger partial charge in [-0.2, -0.15) is 5.10 Å². The van der Waals surface area contributed by atoms with Crippen LogP contribution in [0.15, 0.2) is 35.7 Å². The number of rotatable bonds is 5. The van der Waals surface area contributed by atoms with Crippen LogP contribution in [-0.4, -0.2) is 24.5 Å². The zero-order valence-electron chi connectivity index (χ0n) is 11.2. The molecule has 0 fully saturated rings. The molecule has 0 aliphatic rings. The number of amides is 1. The number of aromatic nitrogens is 2. The third-order valence-electron chi connectivity index (χ3n) is 2.66. The highest BCUT2D eigenvalue weighted by atomic mass is 32.2. The van der Waals surface area contributed by atoms with E-state index in [0.29, 0.717) is 5.69 Å². The molecule has 0 atom stereocenters. The Bertz CT molecular complexity index is 779. The molecule has 8 heteroatoms. The molecule has 1 aromatic heterocycles. The van der Waals surface area contributed by atoms with Crippen LogP contribution >= 0.6 is 0 Å². The summed E-state index contributed by atoms with van der Waals surface area (Å²) in [5.74, 6) is -0.816. The van der Waals surface area contributed by atoms with Gasteiger partial charge in [0.2, 0.25) is 0 Å². The van der Waals surface area contributed by atoms with Crippen molar-refractivity contribution < 1.29 is 13.2 Å². The zero-order chi connectivity index (χ0) is 15.5. The van der Waals surface area contributed by atoms with Crippen molar-refractivity contribution in [3.05, 3.63) is 52.7 Å². The van der Waals surface area contributed by atoms with Gasteiger partial charge in [-0.1, -0.05) is 30.3 Å². The normalized spacial score (nSPS) is 11.7. The lowest BCUT2D eigenvalue weighted by Crippen LogP contribution is -2.17. The summed E-state index contributed by atoms with van der Waals surface area (Å²) < 4.78 is 26.3. The summed E-state index contributed by atoms with van der Waals surface area (Å²) in [5, 5.41) is 7.19. The second-order valence-corrected chi connectivity index (χ2v) is 5.86. The number of nitrogens with one attached hydrogen (secondary N) is 2. The first kappa shape index (κ1) is 14.8. The number of carbonyl (C=O) groups is 1. The van der Waals surface area contributed by atoms with Crippen LogP contribution in [0.1, 0.15) is 21.7 Å². The minimum atomic E-state index is -3.78. The van der Waals surface area contributed by atoms with Crippen LogP contribution < -0.4 is 10.5 Å². The largest absolute Gasteiger partial charge is 0.364 e. The number of aryl methyl sites for hydroxylation is 1. The lowest BCUT2D eigenvalue weighted by Gasteiger charge is -2.04. The molecular weight excluding hydrogens is 292 g/mol. The minimum Gasteiger partial charge on any atom is -0.364 e. The van der Waals surface area contributed by atoms with Gasteiger partial charge in [0.05, 0.1) is 11.1 Å². The molecule has 0 radical (unpaired) electrons. The average molecular weight is 306 g/mol. The summed E-state index contributed by atoms with van der Waals surface area (Å²) in [7, 11) is -3.78. The Kier molecular flexibility index (Phi) is 4.08. The summed E-state index contributed by atoms with van der Waals surface area (Å²) in [6.07, 6.45) is 1.45. The minimum absolute atomic E-state index is 0.0558. The van der Waals surface area contributed by atoms with Crippen molar-refractivity contribution >= 4 is 27.7 Å². The van der Waals surface area contributed by atoms with Crippen LogP contribution in [0.4, 0.5) is 5.69 Å². The number of hydrogen-bond acceptors (Lipinski definition) is 4. The van der Waals surface area contributed by atoms with Gasteiger partial charge in [-0.3, -0.25) is 14.6 Å². The number of carbonyl (C=O) groups excluding carboxylic acids is 1. The Labute approximate surface area is 121 Å². The van der Waals surface area contributed by atoms with E-state index in [1.54, 1.807) is 31.2 Å². The lowest BCUT2D eigenvalue weighted by molar-refractivity contribution is 0.0996. The third kappa shape index (κ3) is 3.69. The molecule has 2 rings (SSSR count). The monoisotopic (exact) mass is 306 g/mol. The van der Waals surface area contributed by atoms with Crippen LogP contribution in [0.25, 0.3) is 6.08 Å². The van der Waals surface area contributed by atoms with Crippen molar-refractivity contribution in [2.24, 2.45) is 5.73 Å². The first-order valence-corrected chi connectivity index (χ1v) is 7.54. The molecule has 0 aliphatic carbocycles. The van der Waals surface area contributed by atoms with E-state index in [-0.39, 0.29) is 11.4 Å². The van der Waals surface area contributed by atoms with Gasteiger partial charge in [0.15, 0.2) is 5.69 Å². The maximum atomic E-state index is 12.0. The fourth-order valence-electron chi connectivity index (χ4n) is 1.64. The van der Waals surface area contributed by atoms with E-state index in [2.05, 4.69) is 14.9 Å². The molecular formula is C13H14N4O3S. The fourth-order valence-corrected chi connectivity index (χ4v) is 2.58. The SMILES string of the molecule is Cc1[nH]nc(C(N)=O)c1NS(=O)(=O)C=Cc1ccccc1. The van der Waals surface area contributed by atoms with Gasteiger partial charge in [-0.15, -0.1) is 0 Å². The summed E-state index contributed by atoms with van der Waals surface area (Å²) in [6, 6.07) is 8.96. The van der Waals surface area contributed by atoms with Crippen LogP contribution in [0, 0.1) is 6.92 Å². The Hall–Kier alpha value is -2.61. The van der Waals surface area contributed by atoms with Crippen molar-refractivity contribution in [3.8, 4) is 0 Å². The highest BCUT2D eigenvalue weighted by molar-refractivity contribution is 7.95. The first-order valence-electron chi connectivity index (χ1n) is 6.00. The highest BCUT2D eigenvalue weighted by Gasteiger charge is 2.18. The van der Waals surface area contributed by atoms with E-state index < -0.39 is 15.9 Å². The molecule has 2 aromatic rings. The van der Waals surface area contributed by atoms with Gasteiger partial charge >= 0.3 is 0 Å². The van der Waals surface area contributed by atoms with Gasteiger partial charge in [0, 0.05) is 0 Å². The molecule has 0 saturated heterocycles.